The Balaban J connectivity index is 1.26. The van der Waals surface area contributed by atoms with Crippen LogP contribution in [0.1, 0.15) is 34.6 Å². The molecule has 0 radical (unpaired) electrons. The molecule has 0 spiro atoms. The summed E-state index contributed by atoms with van der Waals surface area (Å²) in [7, 11) is -4.87. The largest absolute Gasteiger partial charge is 0.472 e. The van der Waals surface area contributed by atoms with Crippen LogP contribution in [0.4, 0.5) is 0 Å². The third-order valence-corrected chi connectivity index (χ3v) is 20.2. The van der Waals surface area contributed by atoms with Gasteiger partial charge in [0.1, 0.15) is 189 Å². The topological polar surface area (TPSA) is 779 Å². The van der Waals surface area contributed by atoms with E-state index < -0.39 is 349 Å². The predicted octanol–water partition coefficient (Wildman–Crippen LogP) is -18.1. The lowest BCUT2D eigenvalue weighted by atomic mass is 9.94. The minimum atomic E-state index is -4.87. The Kier molecular flexibility index (Phi) is 37.1. The van der Waals surface area contributed by atoms with Crippen LogP contribution < -0.4 is 26.6 Å². The van der Waals surface area contributed by atoms with Crippen LogP contribution in [0.3, 0.4) is 0 Å². The van der Waals surface area contributed by atoms with E-state index in [2.05, 4.69) is 31.1 Å². The summed E-state index contributed by atoms with van der Waals surface area (Å²) in [4.78, 5) is 61.0. The highest BCUT2D eigenvalue weighted by atomic mass is 31.2. The number of amides is 4. The maximum absolute atomic E-state index is 13.3. The van der Waals surface area contributed by atoms with Crippen molar-refractivity contribution in [3.05, 3.63) is 0 Å². The lowest BCUT2D eigenvalue weighted by Crippen LogP contribution is -2.70. The monoisotopic (exact) mass is 1660 g/mol. The zero-order valence-corrected chi connectivity index (χ0v) is 61.7. The molecule has 0 aromatic carbocycles. The molecule has 41 atom stereocenters. The van der Waals surface area contributed by atoms with Crippen LogP contribution in [0.5, 0.6) is 0 Å². The van der Waals surface area contributed by atoms with Crippen molar-refractivity contribution in [2.24, 2.45) is 0 Å². The van der Waals surface area contributed by atoms with Crippen LogP contribution in [0.25, 0.3) is 0 Å². The number of hydrogen-bond acceptors (Lipinski definition) is 45. The van der Waals surface area contributed by atoms with Gasteiger partial charge in [-0.1, -0.05) is 0 Å². The van der Waals surface area contributed by atoms with Gasteiger partial charge in [-0.15, -0.1) is 0 Å². The van der Waals surface area contributed by atoms with Crippen LogP contribution in [0.2, 0.25) is 0 Å². The van der Waals surface area contributed by atoms with Gasteiger partial charge in [0.2, 0.25) is 23.6 Å². The molecule has 7 rings (SSSR count). The van der Waals surface area contributed by atoms with Crippen LogP contribution in [-0.2, 0) is 99.1 Å². The van der Waals surface area contributed by atoms with Crippen molar-refractivity contribution in [1.29, 1.82) is 0 Å². The summed E-state index contributed by atoms with van der Waals surface area (Å²) in [5.74, 6) is -3.61. The molecule has 51 heteroatoms. The first kappa shape index (κ1) is 95.6. The molecule has 7 fully saturated rings. The summed E-state index contributed by atoms with van der Waals surface area (Å²) in [5, 5.41) is 266. The van der Waals surface area contributed by atoms with Crippen molar-refractivity contribution in [3.8, 4) is 0 Å². The van der Waals surface area contributed by atoms with E-state index in [9.17, 15) is 141 Å². The Hall–Kier alpha value is -3.53. The highest BCUT2D eigenvalue weighted by Crippen LogP contribution is 2.43. The maximum Gasteiger partial charge on any atom is 0.472 e. The molecule has 0 aromatic heterocycles. The number of aliphatic hydroxyl groups excluding tert-OH is 23. The fourth-order valence-electron chi connectivity index (χ4n) is 13.2. The van der Waals surface area contributed by atoms with Gasteiger partial charge in [0.15, 0.2) is 44.0 Å². The van der Waals surface area contributed by atoms with Crippen molar-refractivity contribution < 1.29 is 221 Å². The fraction of sp³-hybridized carbons (Fsp3) is 0.934. The molecule has 29 N–H and O–H groups in total. The molecule has 7 saturated heterocycles. The first-order valence-electron chi connectivity index (χ1n) is 35.5. The third-order valence-electron chi connectivity index (χ3n) is 19.2. The summed E-state index contributed by atoms with van der Waals surface area (Å²) in [5.41, 5.74) is 0. The molecule has 0 bridgehead atoms. The molecule has 112 heavy (non-hydrogen) atoms. The molecule has 652 valence electrons. The van der Waals surface area contributed by atoms with Crippen LogP contribution in [-0.4, -0.2) is 470 Å². The summed E-state index contributed by atoms with van der Waals surface area (Å²) in [6, 6.07) is -7.25. The molecule has 7 aliphatic heterocycles. The van der Waals surface area contributed by atoms with Gasteiger partial charge >= 0.3 is 7.82 Å². The zero-order valence-electron chi connectivity index (χ0n) is 60.8. The standard InChI is InChI=1S/C61H108N5O45P/c1-18-35(79)45(89)48(92)58(100-18)96-16-25(78)50(36(80)24(63-19(2)73)8-62-6-7-98-112(94,95)99-15-23(77)9-67)107-57-34(66-22(5)76)44(88)51(30(14-72)105-57)108-59-49(93)52(109-61-54(47(91)40(84)29(13-71)104-61)111-56-33(65-21(4)75)43(87)38(82)27(11-69)102-56)41(85)31(106-59)17-97-60-53(46(90)39(83)28(12-70)103-60)110-55-32(64-20(3)74)42(86)37(81)26(10-68)101-55/h18,23-62,67-72,77-93H,6-17H2,1-5H3,(H,63,73)(H,64,74)(H,65,75)(H,66,76)(H,94,95)/t18-,23?,24-,25+,26+,27+,28+,29+,30+,31+,32+,33+,34+,35+,36+,37+,38+,39+,40+,41+,42+,43+,44+,45+,46-,47-,48-,49-,50+,51+,52-,53-,54-,55-,56-,57-,58+,59-,60-,61+/m0/s1. The highest BCUT2D eigenvalue weighted by molar-refractivity contribution is 7.47. The number of carbonyl (C=O) groups is 4. The molecule has 4 amide bonds. The lowest BCUT2D eigenvalue weighted by molar-refractivity contribution is -0.395. The quantitative estimate of drug-likeness (QED) is 0.0202. The zero-order chi connectivity index (χ0) is 83.2. The summed E-state index contributed by atoms with van der Waals surface area (Å²) in [6.45, 7) is -5.88. The second-order valence-electron chi connectivity index (χ2n) is 27.6. The van der Waals surface area contributed by atoms with Crippen molar-refractivity contribution >= 4 is 31.5 Å². The lowest BCUT2D eigenvalue weighted by Gasteiger charge is -2.50. The molecule has 0 aromatic rings. The molecule has 0 aliphatic carbocycles. The summed E-state index contributed by atoms with van der Waals surface area (Å²) < 4.78 is 105. The number of rotatable bonds is 38. The van der Waals surface area contributed by atoms with E-state index in [1.807, 2.05) is 0 Å². The molecular formula is C61H108N5O45P. The Morgan fingerprint density at radius 1 is 0.420 bits per heavy atom. The first-order chi connectivity index (χ1) is 52.8. The van der Waals surface area contributed by atoms with E-state index in [0.29, 0.717) is 0 Å². The van der Waals surface area contributed by atoms with Crippen molar-refractivity contribution in [3.63, 3.8) is 0 Å². The number of nitrogens with one attached hydrogen (secondary N) is 5. The number of phosphoric acid groups is 1. The second-order valence-corrected chi connectivity index (χ2v) is 29.1. The van der Waals surface area contributed by atoms with Gasteiger partial charge in [0.25, 0.3) is 0 Å². The SMILES string of the molecule is CC(=O)N[C@H]1[C@H](O[C@@H]([C@H](O)[C@H](CNCCOP(=O)(O)OCC(O)CO)NC(C)=O)[C@H](O)CO[C@@H]2O[C@@H](C)[C@@H](O)[C@@H](O)[C@@H]2O)O[C@H](CO)[C@@H](O[C@@H]2O[C@H](CO[C@H]3O[C@H](CO)[C@@H](O)[C@H](O)[C@@H]3O[C@@H]3O[C@H](CO)[C@@H](O)[C@H](O)[C@H]3NC(C)=O)[C@@H](O)[C@H](O[C@H]3O[C@H](CO)[C@@H](O)[C@H](O)[C@@H]3O[C@@H]3O[C@H](CO)[C@@H](O)[C@H](O)[C@H]3NC(C)=O)[C@@H]2O)[C@@H]1O. The summed E-state index contributed by atoms with van der Waals surface area (Å²) in [6.07, 6.45) is -74.3. The summed E-state index contributed by atoms with van der Waals surface area (Å²) >= 11 is 0. The number of carbonyl (C=O) groups excluding carboxylic acids is 4. The molecule has 2 unspecified atom stereocenters. The van der Waals surface area contributed by atoms with Crippen molar-refractivity contribution in [2.45, 2.75) is 280 Å². The van der Waals surface area contributed by atoms with Gasteiger partial charge < -0.3 is 215 Å². The Bertz CT molecular complexity index is 2940. The minimum absolute atomic E-state index is 0.390. The average Bonchev–Trinajstić information content (AvgIpc) is 0.764. The van der Waals surface area contributed by atoms with E-state index in [1.165, 1.54) is 6.92 Å². The average molecular weight is 1660 g/mol. The second kappa shape index (κ2) is 43.4. The number of ether oxygens (including phenoxy) is 14. The molecular weight excluding hydrogens is 1550 g/mol. The Morgan fingerprint density at radius 3 is 1.36 bits per heavy atom. The maximum atomic E-state index is 13.3. The Labute approximate surface area is 636 Å². The first-order valence-corrected chi connectivity index (χ1v) is 37.0. The normalized spacial score (nSPS) is 42.7. The van der Waals surface area contributed by atoms with Crippen molar-refractivity contribution in [2.75, 3.05) is 79.2 Å². The number of aliphatic hydroxyl groups is 23. The van der Waals surface area contributed by atoms with E-state index in [-0.39, 0.29) is 6.54 Å². The Morgan fingerprint density at radius 2 is 0.866 bits per heavy atom. The van der Waals surface area contributed by atoms with Gasteiger partial charge in [-0.25, -0.2) is 4.57 Å². The van der Waals surface area contributed by atoms with Gasteiger partial charge in [0, 0.05) is 40.8 Å². The van der Waals surface area contributed by atoms with Gasteiger partial charge in [0.05, 0.1) is 78.2 Å². The van der Waals surface area contributed by atoms with Crippen LogP contribution >= 0.6 is 7.82 Å². The number of phosphoric ester groups is 1. The number of hydrogen-bond donors (Lipinski definition) is 29. The van der Waals surface area contributed by atoms with E-state index in [0.717, 1.165) is 27.7 Å². The third kappa shape index (κ3) is 24.1. The fourth-order valence-corrected chi connectivity index (χ4v) is 13.9. The van der Waals surface area contributed by atoms with Gasteiger partial charge in [-0.05, 0) is 6.92 Å². The predicted molar refractivity (Wildman–Crippen MR) is 352 cm³/mol. The van der Waals surface area contributed by atoms with Crippen molar-refractivity contribution in [1.82, 2.24) is 26.6 Å². The van der Waals surface area contributed by atoms with E-state index in [4.69, 9.17) is 75.9 Å². The molecule has 0 saturated carbocycles. The van der Waals surface area contributed by atoms with Crippen LogP contribution in [0, 0.1) is 0 Å². The van der Waals surface area contributed by atoms with Gasteiger partial charge in [-0.2, -0.15) is 0 Å². The molecule has 7 aliphatic rings. The van der Waals surface area contributed by atoms with E-state index >= 15 is 0 Å². The minimum Gasteiger partial charge on any atom is -0.394 e. The van der Waals surface area contributed by atoms with E-state index in [1.54, 1.807) is 0 Å². The van der Waals surface area contributed by atoms with Gasteiger partial charge in [-0.3, -0.25) is 28.2 Å². The highest BCUT2D eigenvalue weighted by Gasteiger charge is 2.59. The smallest absolute Gasteiger partial charge is 0.394 e. The molecule has 50 nitrogen and oxygen atoms in total. The molecule has 7 heterocycles. The van der Waals surface area contributed by atoms with Crippen LogP contribution in [0.15, 0.2) is 0 Å².